The highest BCUT2D eigenvalue weighted by Crippen LogP contribution is 2.29. The number of anilines is 1. The van der Waals surface area contributed by atoms with Crippen LogP contribution in [0.15, 0.2) is 24.3 Å². The Morgan fingerprint density at radius 2 is 2.00 bits per heavy atom. The number of fused-ring (bicyclic) bond motifs is 1. The minimum atomic E-state index is -0.548. The van der Waals surface area contributed by atoms with Crippen LogP contribution in [-0.4, -0.2) is 41.6 Å². The number of hydrogen-bond acceptors (Lipinski definition) is 6. The van der Waals surface area contributed by atoms with Crippen LogP contribution in [0.1, 0.15) is 34.8 Å². The van der Waals surface area contributed by atoms with E-state index in [-0.39, 0.29) is 12.0 Å². The Kier molecular flexibility index (Phi) is 5.41. The van der Waals surface area contributed by atoms with E-state index in [0.717, 1.165) is 16.3 Å². The van der Waals surface area contributed by atoms with Gasteiger partial charge in [0, 0.05) is 23.4 Å². The quantitative estimate of drug-likeness (QED) is 0.887. The summed E-state index contributed by atoms with van der Waals surface area (Å²) < 4.78 is 10.2. The molecule has 0 atom stereocenters. The summed E-state index contributed by atoms with van der Waals surface area (Å²) in [5.74, 6) is 0.723. The molecule has 0 spiro atoms. The van der Waals surface area contributed by atoms with Crippen molar-refractivity contribution in [3.8, 4) is 5.75 Å². The molecule has 1 aromatic heterocycles. The van der Waals surface area contributed by atoms with Gasteiger partial charge in [0.25, 0.3) is 5.91 Å². The van der Waals surface area contributed by atoms with E-state index < -0.39 is 6.09 Å². The summed E-state index contributed by atoms with van der Waals surface area (Å²) in [5.41, 5.74) is 1.55. The molecule has 0 saturated heterocycles. The second-order valence-electron chi connectivity index (χ2n) is 6.17. The summed E-state index contributed by atoms with van der Waals surface area (Å²) in [6.45, 7) is 5.00. The fourth-order valence-corrected chi connectivity index (χ4v) is 3.70. The first kappa shape index (κ1) is 18.2. The Morgan fingerprint density at radius 3 is 2.65 bits per heavy atom. The molecule has 1 aromatic carbocycles. The third-order valence-electron chi connectivity index (χ3n) is 3.89. The Bertz CT molecular complexity index is 801. The maximum atomic E-state index is 12.8. The van der Waals surface area contributed by atoms with Crippen LogP contribution >= 0.6 is 11.3 Å². The number of methoxy groups -OCH3 is 1. The monoisotopic (exact) mass is 375 g/mol. The van der Waals surface area contributed by atoms with Crippen molar-refractivity contribution in [2.45, 2.75) is 32.9 Å². The number of aromatic nitrogens is 1. The second kappa shape index (κ2) is 7.74. The van der Waals surface area contributed by atoms with E-state index in [2.05, 4.69) is 15.0 Å². The van der Waals surface area contributed by atoms with Crippen molar-refractivity contribution >= 4 is 28.5 Å². The summed E-state index contributed by atoms with van der Waals surface area (Å²) in [4.78, 5) is 31.2. The molecule has 0 saturated carbocycles. The van der Waals surface area contributed by atoms with Gasteiger partial charge in [-0.3, -0.25) is 10.1 Å². The molecule has 3 rings (SSSR count). The minimum Gasteiger partial charge on any atom is -0.491 e. The summed E-state index contributed by atoms with van der Waals surface area (Å²) in [6, 6.07) is 7.19. The van der Waals surface area contributed by atoms with E-state index in [9.17, 15) is 9.59 Å². The van der Waals surface area contributed by atoms with E-state index in [1.54, 1.807) is 17.0 Å². The molecular formula is C18H21N3O4S. The van der Waals surface area contributed by atoms with Crippen molar-refractivity contribution in [1.29, 1.82) is 0 Å². The van der Waals surface area contributed by atoms with E-state index in [1.807, 2.05) is 26.0 Å². The molecular weight excluding hydrogens is 354 g/mol. The van der Waals surface area contributed by atoms with Gasteiger partial charge in [-0.2, -0.15) is 0 Å². The van der Waals surface area contributed by atoms with Gasteiger partial charge < -0.3 is 14.4 Å². The molecule has 1 aliphatic rings. The molecule has 7 nitrogen and oxygen atoms in total. The van der Waals surface area contributed by atoms with E-state index in [4.69, 9.17) is 4.74 Å². The molecule has 26 heavy (non-hydrogen) atoms. The lowest BCUT2D eigenvalue weighted by Crippen LogP contribution is -2.35. The number of hydrogen-bond donors (Lipinski definition) is 1. The highest BCUT2D eigenvalue weighted by molar-refractivity contribution is 7.15. The number of nitrogens with one attached hydrogen (secondary N) is 1. The van der Waals surface area contributed by atoms with Crippen LogP contribution in [0.5, 0.6) is 5.75 Å². The number of nitrogens with zero attached hydrogens (tertiary/aromatic N) is 2. The molecule has 0 bridgehead atoms. The Labute approximate surface area is 155 Å². The van der Waals surface area contributed by atoms with Crippen molar-refractivity contribution in [1.82, 2.24) is 9.88 Å². The molecule has 0 fully saturated rings. The molecule has 2 amide bonds. The molecule has 0 radical (unpaired) electrons. The molecule has 0 unspecified atom stereocenters. The van der Waals surface area contributed by atoms with Crippen LogP contribution in [0.3, 0.4) is 0 Å². The molecule has 1 N–H and O–H groups in total. The smallest absolute Gasteiger partial charge is 0.413 e. The fraction of sp³-hybridized carbons (Fsp3) is 0.389. The highest BCUT2D eigenvalue weighted by Gasteiger charge is 2.25. The maximum Gasteiger partial charge on any atom is 0.413 e. The van der Waals surface area contributed by atoms with Crippen molar-refractivity contribution in [2.75, 3.05) is 19.0 Å². The van der Waals surface area contributed by atoms with E-state index in [1.165, 1.54) is 18.4 Å². The number of ether oxygens (including phenoxy) is 2. The first-order valence-electron chi connectivity index (χ1n) is 8.36. The minimum absolute atomic E-state index is 0.0253. The zero-order valence-electron chi connectivity index (χ0n) is 14.9. The first-order chi connectivity index (χ1) is 12.5. The van der Waals surface area contributed by atoms with Crippen molar-refractivity contribution in [3.63, 3.8) is 0 Å². The van der Waals surface area contributed by atoms with Crippen molar-refractivity contribution in [3.05, 3.63) is 40.4 Å². The fourth-order valence-electron chi connectivity index (χ4n) is 2.69. The molecule has 8 heteroatoms. The van der Waals surface area contributed by atoms with Crippen LogP contribution in [0, 0.1) is 0 Å². The van der Waals surface area contributed by atoms with Gasteiger partial charge in [-0.1, -0.05) is 11.3 Å². The van der Waals surface area contributed by atoms with Crippen LogP contribution in [0.25, 0.3) is 0 Å². The number of carbonyl (C=O) groups is 2. The number of benzene rings is 1. The molecule has 2 heterocycles. The van der Waals surface area contributed by atoms with Gasteiger partial charge in [-0.15, -0.1) is 0 Å². The molecule has 2 aromatic rings. The predicted octanol–water partition coefficient (Wildman–Crippen LogP) is 3.31. The van der Waals surface area contributed by atoms with Crippen LogP contribution in [0.4, 0.5) is 9.93 Å². The van der Waals surface area contributed by atoms with E-state index in [0.29, 0.717) is 30.2 Å². The van der Waals surface area contributed by atoms with Crippen LogP contribution in [-0.2, 0) is 17.7 Å². The third kappa shape index (κ3) is 4.13. The summed E-state index contributed by atoms with van der Waals surface area (Å²) >= 11 is 1.37. The normalized spacial score (nSPS) is 13.3. The lowest BCUT2D eigenvalue weighted by atomic mass is 10.1. The zero-order valence-corrected chi connectivity index (χ0v) is 15.8. The molecule has 0 aliphatic carbocycles. The Hall–Kier alpha value is -2.61. The van der Waals surface area contributed by atoms with Crippen LogP contribution in [0.2, 0.25) is 0 Å². The lowest BCUT2D eigenvalue weighted by Gasteiger charge is -2.26. The van der Waals surface area contributed by atoms with Crippen molar-refractivity contribution < 1.29 is 19.1 Å². The first-order valence-corrected chi connectivity index (χ1v) is 9.17. The topological polar surface area (TPSA) is 80.8 Å². The number of amides is 2. The predicted molar refractivity (Wildman–Crippen MR) is 98.8 cm³/mol. The van der Waals surface area contributed by atoms with Gasteiger partial charge in [-0.25, -0.2) is 9.78 Å². The summed E-state index contributed by atoms with van der Waals surface area (Å²) in [7, 11) is 1.31. The van der Waals surface area contributed by atoms with Gasteiger partial charge >= 0.3 is 6.09 Å². The number of rotatable bonds is 4. The number of thiazole rings is 1. The van der Waals surface area contributed by atoms with Crippen molar-refractivity contribution in [2.24, 2.45) is 0 Å². The van der Waals surface area contributed by atoms with Gasteiger partial charge in [0.05, 0.1) is 25.5 Å². The van der Waals surface area contributed by atoms with E-state index >= 15 is 0 Å². The van der Waals surface area contributed by atoms with Gasteiger partial charge in [0.1, 0.15) is 5.75 Å². The molecule has 1 aliphatic heterocycles. The Morgan fingerprint density at radius 1 is 1.27 bits per heavy atom. The van der Waals surface area contributed by atoms with Gasteiger partial charge in [-0.05, 0) is 38.1 Å². The maximum absolute atomic E-state index is 12.8. The van der Waals surface area contributed by atoms with Gasteiger partial charge in [0.2, 0.25) is 0 Å². The largest absolute Gasteiger partial charge is 0.491 e. The van der Waals surface area contributed by atoms with Crippen LogP contribution < -0.4 is 10.1 Å². The highest BCUT2D eigenvalue weighted by atomic mass is 32.1. The summed E-state index contributed by atoms with van der Waals surface area (Å²) in [6.07, 6.45) is 0.207. The average Bonchev–Trinajstić information content (AvgIpc) is 3.02. The molecule has 138 valence electrons. The second-order valence-corrected chi connectivity index (χ2v) is 7.26. The SMILES string of the molecule is COC(=O)Nc1nc2c(s1)CN(C(=O)c1ccc(OC(C)C)cc1)CC2. The summed E-state index contributed by atoms with van der Waals surface area (Å²) in [5, 5.41) is 3.07. The standard InChI is InChI=1S/C18H21N3O4S/c1-11(2)25-13-6-4-12(5-7-13)16(22)21-9-8-14-15(10-21)26-17(19-14)20-18(23)24-3/h4-7,11H,8-10H2,1-3H3,(H,19,20,23). The average molecular weight is 375 g/mol. The number of carbonyl (C=O) groups excluding carboxylic acids is 2. The van der Waals surface area contributed by atoms with Gasteiger partial charge in [0.15, 0.2) is 5.13 Å². The Balaban J connectivity index is 1.68. The zero-order chi connectivity index (χ0) is 18.7. The third-order valence-corrected chi connectivity index (χ3v) is 4.88. The lowest BCUT2D eigenvalue weighted by molar-refractivity contribution is 0.0736.